The molecule has 7 heteroatoms. The molecule has 0 saturated heterocycles. The molecule has 2 heterocycles. The minimum Gasteiger partial charge on any atom is -0.493 e. The maximum absolute atomic E-state index is 12.4. The van der Waals surface area contributed by atoms with Crippen molar-refractivity contribution in [1.29, 1.82) is 0 Å². The molecule has 1 atom stereocenters. The third-order valence-electron chi connectivity index (χ3n) is 4.76. The first-order valence-electron chi connectivity index (χ1n) is 8.95. The zero-order valence-corrected chi connectivity index (χ0v) is 16.8. The zero-order valence-electron chi connectivity index (χ0n) is 16.0. The van der Waals surface area contributed by atoms with E-state index in [-0.39, 0.29) is 11.9 Å². The standard InChI is InChI=1S/C20H26N2O4S/c1-24-9-7-21-19(23)13-22-8-6-14-11-16(25-2)17(26-3)12-15(14)20(22)18-5-4-10-27-18/h4-5,10-12,20H,6-9,13H2,1-3H3,(H,21,23)/t20-/m1/s1. The van der Waals surface area contributed by atoms with Crippen LogP contribution in [-0.4, -0.2) is 58.4 Å². The number of rotatable bonds is 8. The molecule has 0 radical (unpaired) electrons. The van der Waals surface area contributed by atoms with Crippen molar-refractivity contribution in [1.82, 2.24) is 10.2 Å². The fourth-order valence-electron chi connectivity index (χ4n) is 3.48. The Kier molecular flexibility index (Phi) is 6.71. The van der Waals surface area contributed by atoms with Crippen molar-refractivity contribution in [2.24, 2.45) is 0 Å². The number of thiophene rings is 1. The quantitative estimate of drug-likeness (QED) is 0.702. The van der Waals surface area contributed by atoms with Gasteiger partial charge in [0.2, 0.25) is 5.91 Å². The fraction of sp³-hybridized carbons (Fsp3) is 0.450. The van der Waals surface area contributed by atoms with Gasteiger partial charge < -0.3 is 19.5 Å². The topological polar surface area (TPSA) is 60.0 Å². The predicted molar refractivity (Wildman–Crippen MR) is 106 cm³/mol. The van der Waals surface area contributed by atoms with Gasteiger partial charge in [0.1, 0.15) is 0 Å². The van der Waals surface area contributed by atoms with Crippen LogP contribution in [0.4, 0.5) is 0 Å². The molecule has 0 saturated carbocycles. The lowest BCUT2D eigenvalue weighted by Gasteiger charge is -2.37. The predicted octanol–water partition coefficient (Wildman–Crippen LogP) is 2.48. The van der Waals surface area contributed by atoms with Crippen molar-refractivity contribution >= 4 is 17.2 Å². The maximum Gasteiger partial charge on any atom is 0.234 e. The number of nitrogens with zero attached hydrogens (tertiary/aromatic N) is 1. The minimum atomic E-state index is 0.0116. The second-order valence-electron chi connectivity index (χ2n) is 6.39. The molecule has 1 aliphatic rings. The first-order valence-corrected chi connectivity index (χ1v) is 9.83. The highest BCUT2D eigenvalue weighted by Crippen LogP contribution is 2.41. The van der Waals surface area contributed by atoms with Gasteiger partial charge in [-0.05, 0) is 41.1 Å². The Bertz CT molecular complexity index is 764. The van der Waals surface area contributed by atoms with E-state index in [1.165, 1.54) is 16.0 Å². The van der Waals surface area contributed by atoms with Crippen LogP contribution in [0, 0.1) is 0 Å². The van der Waals surface area contributed by atoms with Crippen LogP contribution in [0.25, 0.3) is 0 Å². The Morgan fingerprint density at radius 1 is 1.26 bits per heavy atom. The zero-order chi connectivity index (χ0) is 19.2. The van der Waals surface area contributed by atoms with Crippen molar-refractivity contribution in [2.45, 2.75) is 12.5 Å². The fourth-order valence-corrected chi connectivity index (χ4v) is 4.36. The summed E-state index contributed by atoms with van der Waals surface area (Å²) in [5.74, 6) is 1.47. The molecule has 0 aliphatic carbocycles. The molecule has 1 aliphatic heterocycles. The molecule has 6 nitrogen and oxygen atoms in total. The lowest BCUT2D eigenvalue weighted by atomic mass is 9.91. The normalized spacial score (nSPS) is 16.6. The molecule has 1 N–H and O–H groups in total. The maximum atomic E-state index is 12.4. The number of hydrogen-bond acceptors (Lipinski definition) is 6. The van der Waals surface area contributed by atoms with Crippen LogP contribution in [0.3, 0.4) is 0 Å². The number of hydrogen-bond donors (Lipinski definition) is 1. The van der Waals surface area contributed by atoms with Crippen LogP contribution in [0.5, 0.6) is 11.5 Å². The third-order valence-corrected chi connectivity index (χ3v) is 5.69. The van der Waals surface area contributed by atoms with Crippen LogP contribution in [0.15, 0.2) is 29.6 Å². The lowest BCUT2D eigenvalue weighted by molar-refractivity contribution is -0.122. The largest absolute Gasteiger partial charge is 0.493 e. The first-order chi connectivity index (χ1) is 13.2. The van der Waals surface area contributed by atoms with Gasteiger partial charge in [-0.25, -0.2) is 0 Å². The average molecular weight is 391 g/mol. The molecular weight excluding hydrogens is 364 g/mol. The molecule has 0 fully saturated rings. The molecule has 0 bridgehead atoms. The average Bonchev–Trinajstić information content (AvgIpc) is 3.21. The third kappa shape index (κ3) is 4.43. The molecule has 2 aromatic rings. The van der Waals surface area contributed by atoms with Crippen LogP contribution in [0.1, 0.15) is 22.0 Å². The highest BCUT2D eigenvalue weighted by atomic mass is 32.1. The van der Waals surface area contributed by atoms with E-state index in [1.54, 1.807) is 32.7 Å². The monoisotopic (exact) mass is 390 g/mol. The van der Waals surface area contributed by atoms with Gasteiger partial charge in [0.15, 0.2) is 11.5 Å². The van der Waals surface area contributed by atoms with Crippen molar-refractivity contribution in [3.05, 3.63) is 45.6 Å². The Balaban J connectivity index is 1.90. The van der Waals surface area contributed by atoms with Crippen LogP contribution < -0.4 is 14.8 Å². The van der Waals surface area contributed by atoms with Gasteiger partial charge in [0.05, 0.1) is 33.4 Å². The number of methoxy groups -OCH3 is 3. The summed E-state index contributed by atoms with van der Waals surface area (Å²) in [4.78, 5) is 15.8. The lowest BCUT2D eigenvalue weighted by Crippen LogP contribution is -2.43. The smallest absolute Gasteiger partial charge is 0.234 e. The van der Waals surface area contributed by atoms with E-state index in [2.05, 4.69) is 27.7 Å². The second-order valence-corrected chi connectivity index (χ2v) is 7.37. The summed E-state index contributed by atoms with van der Waals surface area (Å²) in [6.45, 7) is 2.19. The Hall–Kier alpha value is -2.09. The van der Waals surface area contributed by atoms with Crippen molar-refractivity contribution in [2.75, 3.05) is 47.6 Å². The summed E-state index contributed by atoms with van der Waals surface area (Å²) in [6.07, 6.45) is 0.864. The van der Waals surface area contributed by atoms with Gasteiger partial charge in [0.25, 0.3) is 0 Å². The minimum absolute atomic E-state index is 0.0116. The SMILES string of the molecule is COCCNC(=O)CN1CCc2cc(OC)c(OC)cc2[C@@H]1c1cccs1. The summed E-state index contributed by atoms with van der Waals surface area (Å²) < 4.78 is 16.0. The molecular formula is C20H26N2O4S. The van der Waals surface area contributed by atoms with Gasteiger partial charge in [-0.3, -0.25) is 9.69 Å². The number of carbonyl (C=O) groups is 1. The van der Waals surface area contributed by atoms with E-state index in [9.17, 15) is 4.79 Å². The number of nitrogens with one attached hydrogen (secondary N) is 1. The summed E-state index contributed by atoms with van der Waals surface area (Å²) in [5, 5.41) is 4.99. The highest BCUT2D eigenvalue weighted by molar-refractivity contribution is 7.10. The van der Waals surface area contributed by atoms with Crippen LogP contribution in [-0.2, 0) is 16.0 Å². The van der Waals surface area contributed by atoms with Gasteiger partial charge in [0, 0.05) is 25.1 Å². The second kappa shape index (κ2) is 9.21. The van der Waals surface area contributed by atoms with Crippen molar-refractivity contribution in [3.8, 4) is 11.5 Å². The molecule has 27 heavy (non-hydrogen) atoms. The van der Waals surface area contributed by atoms with E-state index in [4.69, 9.17) is 14.2 Å². The number of amides is 1. The van der Waals surface area contributed by atoms with Crippen molar-refractivity contribution < 1.29 is 19.0 Å². The molecule has 0 spiro atoms. The molecule has 0 unspecified atom stereocenters. The summed E-state index contributed by atoms with van der Waals surface area (Å²) in [6, 6.07) is 8.31. The van der Waals surface area contributed by atoms with E-state index in [1.807, 2.05) is 12.1 Å². The number of carbonyl (C=O) groups excluding carboxylic acids is 1. The van der Waals surface area contributed by atoms with Gasteiger partial charge in [-0.2, -0.15) is 0 Å². The molecule has 146 valence electrons. The van der Waals surface area contributed by atoms with Gasteiger partial charge >= 0.3 is 0 Å². The summed E-state index contributed by atoms with van der Waals surface area (Å²) >= 11 is 1.70. The van der Waals surface area contributed by atoms with E-state index in [0.717, 1.165) is 18.7 Å². The highest BCUT2D eigenvalue weighted by Gasteiger charge is 2.32. The Labute approximate surface area is 164 Å². The van der Waals surface area contributed by atoms with Crippen LogP contribution in [0.2, 0.25) is 0 Å². The molecule has 3 rings (SSSR count). The van der Waals surface area contributed by atoms with Gasteiger partial charge in [-0.1, -0.05) is 6.07 Å². The molecule has 1 amide bonds. The Morgan fingerprint density at radius 3 is 2.70 bits per heavy atom. The molecule has 1 aromatic heterocycles. The number of fused-ring (bicyclic) bond motifs is 1. The first kappa shape index (κ1) is 19.7. The van der Waals surface area contributed by atoms with E-state index in [0.29, 0.717) is 25.4 Å². The molecule has 1 aromatic carbocycles. The van der Waals surface area contributed by atoms with E-state index >= 15 is 0 Å². The van der Waals surface area contributed by atoms with Gasteiger partial charge in [-0.15, -0.1) is 11.3 Å². The van der Waals surface area contributed by atoms with E-state index < -0.39 is 0 Å². The Morgan fingerprint density at radius 2 is 2.04 bits per heavy atom. The summed E-state index contributed by atoms with van der Waals surface area (Å²) in [7, 11) is 4.93. The number of ether oxygens (including phenoxy) is 3. The van der Waals surface area contributed by atoms with Crippen LogP contribution >= 0.6 is 11.3 Å². The summed E-state index contributed by atoms with van der Waals surface area (Å²) in [5.41, 5.74) is 2.41. The van der Waals surface area contributed by atoms with Crippen molar-refractivity contribution in [3.63, 3.8) is 0 Å². The number of benzene rings is 1.